The van der Waals surface area contributed by atoms with Gasteiger partial charge < -0.3 is 4.74 Å². The molecule has 0 aliphatic rings. The van der Waals surface area contributed by atoms with Crippen LogP contribution in [-0.2, 0) is 0 Å². The van der Waals surface area contributed by atoms with Gasteiger partial charge in [-0.3, -0.25) is 0 Å². The lowest BCUT2D eigenvalue weighted by Crippen LogP contribution is -1.94. The Morgan fingerprint density at radius 2 is 2.29 bits per heavy atom. The zero-order chi connectivity index (χ0) is 10.4. The van der Waals surface area contributed by atoms with Gasteiger partial charge in [-0.05, 0) is 19.1 Å². The van der Waals surface area contributed by atoms with Gasteiger partial charge in [0.25, 0.3) is 0 Å². The molecule has 0 aliphatic carbocycles. The number of nitrogens with zero attached hydrogens (tertiary/aromatic N) is 1. The van der Waals surface area contributed by atoms with Crippen LogP contribution in [0.3, 0.4) is 0 Å². The highest BCUT2D eigenvalue weighted by Crippen LogP contribution is 2.15. The number of rotatable bonds is 3. The highest BCUT2D eigenvalue weighted by atomic mass is 19.1. The summed E-state index contributed by atoms with van der Waals surface area (Å²) in [5.41, 5.74) is 0.264. The molecule has 0 unspecified atom stereocenters. The fraction of sp³-hybridized carbons (Fsp3) is 0.182. The van der Waals surface area contributed by atoms with Gasteiger partial charge in [0, 0.05) is 6.07 Å². The molecule has 0 saturated carbocycles. The van der Waals surface area contributed by atoms with E-state index in [-0.39, 0.29) is 5.56 Å². The average Bonchev–Trinajstić information content (AvgIpc) is 2.17. The number of halogens is 1. The molecule has 0 aliphatic heterocycles. The zero-order valence-corrected chi connectivity index (χ0v) is 7.83. The molecule has 72 valence electrons. The van der Waals surface area contributed by atoms with Crippen LogP contribution in [-0.4, -0.2) is 6.61 Å². The molecule has 0 amide bonds. The molecule has 1 aromatic rings. The monoisotopic (exact) mass is 191 g/mol. The van der Waals surface area contributed by atoms with Crippen molar-refractivity contribution in [2.24, 2.45) is 0 Å². The maximum atomic E-state index is 12.9. The minimum Gasteiger partial charge on any atom is -0.489 e. The molecule has 0 bridgehead atoms. The van der Waals surface area contributed by atoms with Crippen molar-refractivity contribution in [2.75, 3.05) is 6.61 Å². The Balaban J connectivity index is 2.77. The minimum absolute atomic E-state index is 0.264. The van der Waals surface area contributed by atoms with Crippen molar-refractivity contribution in [2.45, 2.75) is 6.92 Å². The Hall–Kier alpha value is -1.82. The first-order valence-electron chi connectivity index (χ1n) is 4.21. The summed E-state index contributed by atoms with van der Waals surface area (Å²) in [7, 11) is 0. The third-order valence-electron chi connectivity index (χ3n) is 1.58. The first-order chi connectivity index (χ1) is 6.76. The Morgan fingerprint density at radius 1 is 1.50 bits per heavy atom. The number of allylic oxidation sites excluding steroid dienone is 1. The summed E-state index contributed by atoms with van der Waals surface area (Å²) < 4.78 is 18.1. The maximum absolute atomic E-state index is 12.9. The van der Waals surface area contributed by atoms with Crippen LogP contribution in [0.1, 0.15) is 12.5 Å². The van der Waals surface area contributed by atoms with E-state index in [1.165, 1.54) is 18.2 Å². The van der Waals surface area contributed by atoms with Crippen molar-refractivity contribution in [1.29, 1.82) is 5.26 Å². The molecule has 2 nitrogen and oxygen atoms in total. The Kier molecular flexibility index (Phi) is 3.69. The molecule has 0 heterocycles. The lowest BCUT2D eigenvalue weighted by atomic mass is 10.2. The van der Waals surface area contributed by atoms with E-state index in [1.54, 1.807) is 6.08 Å². The minimum atomic E-state index is -0.459. The van der Waals surface area contributed by atoms with Gasteiger partial charge in [0.1, 0.15) is 18.2 Å². The molecule has 0 saturated heterocycles. The summed E-state index contributed by atoms with van der Waals surface area (Å²) in [6, 6.07) is 5.79. The standard InChI is InChI=1S/C11H10FNO/c1-2-3-4-14-11-6-9(8-13)5-10(12)7-11/h2-3,5-7H,4H2,1H3/b3-2+. The van der Waals surface area contributed by atoms with Crippen molar-refractivity contribution in [3.05, 3.63) is 41.7 Å². The van der Waals surface area contributed by atoms with Crippen LogP contribution in [0, 0.1) is 17.1 Å². The first kappa shape index (κ1) is 10.3. The second-order valence-electron chi connectivity index (χ2n) is 2.67. The molecule has 3 heteroatoms. The molecular formula is C11H10FNO. The largest absolute Gasteiger partial charge is 0.489 e. The number of hydrogen-bond acceptors (Lipinski definition) is 2. The van der Waals surface area contributed by atoms with Gasteiger partial charge in [-0.15, -0.1) is 0 Å². The van der Waals surface area contributed by atoms with Crippen LogP contribution in [0.5, 0.6) is 5.75 Å². The van der Waals surface area contributed by atoms with E-state index in [2.05, 4.69) is 0 Å². The normalized spacial score (nSPS) is 10.1. The second kappa shape index (κ2) is 5.03. The van der Waals surface area contributed by atoms with E-state index < -0.39 is 5.82 Å². The Labute approximate surface area is 82.2 Å². The summed E-state index contributed by atoms with van der Waals surface area (Å²) in [5, 5.41) is 8.57. The van der Waals surface area contributed by atoms with Crippen molar-refractivity contribution < 1.29 is 9.13 Å². The smallest absolute Gasteiger partial charge is 0.128 e. The molecule has 0 atom stereocenters. The van der Waals surface area contributed by atoms with Crippen LogP contribution in [0.2, 0.25) is 0 Å². The summed E-state index contributed by atoms with van der Waals surface area (Å²) in [6.07, 6.45) is 3.64. The topological polar surface area (TPSA) is 33.0 Å². The molecule has 0 N–H and O–H groups in total. The van der Waals surface area contributed by atoms with Crippen molar-refractivity contribution in [3.63, 3.8) is 0 Å². The number of hydrogen-bond donors (Lipinski definition) is 0. The molecule has 0 spiro atoms. The molecular weight excluding hydrogens is 181 g/mol. The second-order valence-corrected chi connectivity index (χ2v) is 2.67. The quantitative estimate of drug-likeness (QED) is 0.688. The fourth-order valence-electron chi connectivity index (χ4n) is 0.951. The highest BCUT2D eigenvalue weighted by Gasteiger charge is 2.00. The molecule has 0 aromatic heterocycles. The van der Waals surface area contributed by atoms with Gasteiger partial charge >= 0.3 is 0 Å². The van der Waals surface area contributed by atoms with Gasteiger partial charge in [0.15, 0.2) is 0 Å². The van der Waals surface area contributed by atoms with E-state index in [1.807, 2.05) is 19.1 Å². The van der Waals surface area contributed by atoms with Crippen molar-refractivity contribution >= 4 is 0 Å². The van der Waals surface area contributed by atoms with Gasteiger partial charge in [0.05, 0.1) is 11.6 Å². The molecule has 0 radical (unpaired) electrons. The Bertz CT molecular complexity index is 379. The predicted octanol–water partition coefficient (Wildman–Crippen LogP) is 2.65. The van der Waals surface area contributed by atoms with Gasteiger partial charge in [-0.25, -0.2) is 4.39 Å². The lowest BCUT2D eigenvalue weighted by Gasteiger charge is -2.03. The third-order valence-corrected chi connectivity index (χ3v) is 1.58. The average molecular weight is 191 g/mol. The highest BCUT2D eigenvalue weighted by molar-refractivity contribution is 5.37. The van der Waals surface area contributed by atoms with Crippen LogP contribution in [0.15, 0.2) is 30.4 Å². The maximum Gasteiger partial charge on any atom is 0.128 e. The van der Waals surface area contributed by atoms with Crippen LogP contribution in [0.25, 0.3) is 0 Å². The third kappa shape index (κ3) is 2.91. The van der Waals surface area contributed by atoms with E-state index >= 15 is 0 Å². The van der Waals surface area contributed by atoms with E-state index in [4.69, 9.17) is 10.00 Å². The van der Waals surface area contributed by atoms with Crippen molar-refractivity contribution in [3.8, 4) is 11.8 Å². The van der Waals surface area contributed by atoms with Crippen LogP contribution in [0.4, 0.5) is 4.39 Å². The zero-order valence-electron chi connectivity index (χ0n) is 7.83. The summed E-state index contributed by atoms with van der Waals surface area (Å²) in [4.78, 5) is 0. The Morgan fingerprint density at radius 3 is 2.93 bits per heavy atom. The van der Waals surface area contributed by atoms with Gasteiger partial charge in [-0.2, -0.15) is 5.26 Å². The number of nitriles is 1. The van der Waals surface area contributed by atoms with Crippen molar-refractivity contribution in [1.82, 2.24) is 0 Å². The molecule has 0 fully saturated rings. The number of benzene rings is 1. The van der Waals surface area contributed by atoms with Crippen LogP contribution >= 0.6 is 0 Å². The SMILES string of the molecule is C/C=C/COc1cc(F)cc(C#N)c1. The lowest BCUT2D eigenvalue weighted by molar-refractivity contribution is 0.360. The first-order valence-corrected chi connectivity index (χ1v) is 4.21. The van der Waals surface area contributed by atoms with Gasteiger partial charge in [-0.1, -0.05) is 12.2 Å². The molecule has 14 heavy (non-hydrogen) atoms. The summed E-state index contributed by atoms with van der Waals surface area (Å²) in [5.74, 6) is -0.0841. The predicted molar refractivity (Wildman–Crippen MR) is 51.4 cm³/mol. The number of ether oxygens (including phenoxy) is 1. The molecule has 1 aromatic carbocycles. The van der Waals surface area contributed by atoms with E-state index in [0.29, 0.717) is 12.4 Å². The van der Waals surface area contributed by atoms with E-state index in [0.717, 1.165) is 0 Å². The van der Waals surface area contributed by atoms with Crippen LogP contribution < -0.4 is 4.74 Å². The van der Waals surface area contributed by atoms with E-state index in [9.17, 15) is 4.39 Å². The summed E-state index contributed by atoms with van der Waals surface area (Å²) in [6.45, 7) is 2.25. The van der Waals surface area contributed by atoms with Gasteiger partial charge in [0.2, 0.25) is 0 Å². The summed E-state index contributed by atoms with van der Waals surface area (Å²) >= 11 is 0. The molecule has 1 rings (SSSR count). The fourth-order valence-corrected chi connectivity index (χ4v) is 0.951.